The van der Waals surface area contributed by atoms with Crippen molar-refractivity contribution in [3.63, 3.8) is 0 Å². The third kappa shape index (κ3) is 4.88. The lowest BCUT2D eigenvalue weighted by atomic mass is 10.2. The van der Waals surface area contributed by atoms with Gasteiger partial charge >= 0.3 is 5.97 Å². The van der Waals surface area contributed by atoms with Gasteiger partial charge in [0.15, 0.2) is 11.9 Å². The van der Waals surface area contributed by atoms with Crippen molar-refractivity contribution in [3.05, 3.63) is 78.1 Å². The highest BCUT2D eigenvalue weighted by Gasteiger charge is 2.19. The Labute approximate surface area is 160 Å². The molecule has 2 heterocycles. The van der Waals surface area contributed by atoms with Gasteiger partial charge in [-0.2, -0.15) is 0 Å². The minimum absolute atomic E-state index is 0.179. The van der Waals surface area contributed by atoms with Gasteiger partial charge in [-0.3, -0.25) is 9.59 Å². The van der Waals surface area contributed by atoms with Crippen molar-refractivity contribution in [2.45, 2.75) is 19.6 Å². The molecular formula is C20H18N2O6. The fourth-order valence-corrected chi connectivity index (χ4v) is 2.30. The third-order valence-corrected chi connectivity index (χ3v) is 3.79. The maximum Gasteiger partial charge on any atom is 0.338 e. The van der Waals surface area contributed by atoms with Gasteiger partial charge in [0.1, 0.15) is 5.76 Å². The molecule has 0 aliphatic carbocycles. The molecule has 8 nitrogen and oxygen atoms in total. The van der Waals surface area contributed by atoms with Crippen molar-refractivity contribution >= 4 is 23.5 Å². The molecule has 0 saturated heterocycles. The first-order valence-corrected chi connectivity index (χ1v) is 8.49. The summed E-state index contributed by atoms with van der Waals surface area (Å²) in [4.78, 5) is 36.1. The molecule has 0 saturated carbocycles. The summed E-state index contributed by atoms with van der Waals surface area (Å²) in [6, 6.07) is 12.7. The second-order valence-corrected chi connectivity index (χ2v) is 5.85. The van der Waals surface area contributed by atoms with E-state index in [0.29, 0.717) is 11.4 Å². The first-order chi connectivity index (χ1) is 13.5. The van der Waals surface area contributed by atoms with Gasteiger partial charge in [-0.1, -0.05) is 0 Å². The normalized spacial score (nSPS) is 11.5. The number of carbonyl (C=O) groups is 3. The predicted octanol–water partition coefficient (Wildman–Crippen LogP) is 2.99. The van der Waals surface area contributed by atoms with Gasteiger partial charge in [0.05, 0.1) is 24.6 Å². The van der Waals surface area contributed by atoms with Crippen LogP contribution >= 0.6 is 0 Å². The predicted molar refractivity (Wildman–Crippen MR) is 98.5 cm³/mol. The van der Waals surface area contributed by atoms with Crippen LogP contribution in [0, 0.1) is 0 Å². The molecule has 0 spiro atoms. The van der Waals surface area contributed by atoms with Gasteiger partial charge in [0.25, 0.3) is 11.8 Å². The molecular weight excluding hydrogens is 364 g/mol. The Hall–Kier alpha value is -3.81. The Morgan fingerprint density at radius 1 is 1.00 bits per heavy atom. The first kappa shape index (κ1) is 19.0. The standard InChI is InChI=1S/C20H18N2O6/c1-13(18(23)21-12-16-4-2-10-26-16)28-20(25)14-6-8-15(9-7-14)22-19(24)17-5-3-11-27-17/h2-11,13H,12H2,1H3,(H,21,23)(H,22,24)/t13-/m1/s1. The molecule has 0 radical (unpaired) electrons. The molecule has 0 fully saturated rings. The zero-order valence-corrected chi connectivity index (χ0v) is 15.0. The van der Waals surface area contributed by atoms with Crippen molar-refractivity contribution < 1.29 is 28.0 Å². The molecule has 8 heteroatoms. The Morgan fingerprint density at radius 2 is 1.71 bits per heavy atom. The number of amides is 2. The fourth-order valence-electron chi connectivity index (χ4n) is 2.30. The van der Waals surface area contributed by atoms with E-state index in [0.717, 1.165) is 0 Å². The highest BCUT2D eigenvalue weighted by atomic mass is 16.5. The Bertz CT molecular complexity index is 930. The third-order valence-electron chi connectivity index (χ3n) is 3.79. The van der Waals surface area contributed by atoms with Gasteiger partial charge in [-0.05, 0) is 55.5 Å². The van der Waals surface area contributed by atoms with Crippen LogP contribution in [0.4, 0.5) is 5.69 Å². The largest absolute Gasteiger partial charge is 0.467 e. The SMILES string of the molecule is C[C@@H](OC(=O)c1ccc(NC(=O)c2ccco2)cc1)C(=O)NCc1ccco1. The maximum absolute atomic E-state index is 12.2. The number of rotatable bonds is 7. The number of hydrogen-bond donors (Lipinski definition) is 2. The Morgan fingerprint density at radius 3 is 2.36 bits per heavy atom. The topological polar surface area (TPSA) is 111 Å². The summed E-state index contributed by atoms with van der Waals surface area (Å²) in [6.45, 7) is 1.69. The van der Waals surface area contributed by atoms with Gasteiger partial charge in [-0.15, -0.1) is 0 Å². The smallest absolute Gasteiger partial charge is 0.338 e. The lowest BCUT2D eigenvalue weighted by molar-refractivity contribution is -0.129. The van der Waals surface area contributed by atoms with E-state index in [-0.39, 0.29) is 17.9 Å². The summed E-state index contributed by atoms with van der Waals surface area (Å²) in [5.74, 6) is -0.712. The molecule has 0 aliphatic rings. The minimum atomic E-state index is -0.971. The van der Waals surface area contributed by atoms with Crippen LogP contribution in [0.3, 0.4) is 0 Å². The zero-order chi connectivity index (χ0) is 19.9. The van der Waals surface area contributed by atoms with E-state index in [2.05, 4.69) is 10.6 Å². The number of nitrogens with one attached hydrogen (secondary N) is 2. The van der Waals surface area contributed by atoms with Crippen LogP contribution in [0.25, 0.3) is 0 Å². The summed E-state index contributed by atoms with van der Waals surface area (Å²) < 4.78 is 15.3. The number of benzene rings is 1. The molecule has 1 aromatic carbocycles. The van der Waals surface area contributed by atoms with E-state index >= 15 is 0 Å². The fraction of sp³-hybridized carbons (Fsp3) is 0.150. The van der Waals surface area contributed by atoms with E-state index in [9.17, 15) is 14.4 Å². The summed E-state index contributed by atoms with van der Waals surface area (Å²) in [7, 11) is 0. The molecule has 1 atom stereocenters. The van der Waals surface area contributed by atoms with E-state index < -0.39 is 23.9 Å². The minimum Gasteiger partial charge on any atom is -0.467 e. The van der Waals surface area contributed by atoms with E-state index in [4.69, 9.17) is 13.6 Å². The number of furan rings is 2. The summed E-state index contributed by atoms with van der Waals surface area (Å²) >= 11 is 0. The van der Waals surface area contributed by atoms with E-state index in [1.165, 1.54) is 31.6 Å². The molecule has 0 bridgehead atoms. The quantitative estimate of drug-likeness (QED) is 0.608. The average Bonchev–Trinajstić information content (AvgIpc) is 3.40. The monoisotopic (exact) mass is 382 g/mol. The van der Waals surface area contributed by atoms with Crippen molar-refractivity contribution in [1.29, 1.82) is 0 Å². The second-order valence-electron chi connectivity index (χ2n) is 5.85. The summed E-state index contributed by atoms with van der Waals surface area (Å²) in [5, 5.41) is 5.26. The van der Waals surface area contributed by atoms with E-state index in [1.54, 1.807) is 36.4 Å². The first-order valence-electron chi connectivity index (χ1n) is 8.49. The Balaban J connectivity index is 1.50. The molecule has 0 aliphatic heterocycles. The molecule has 0 unspecified atom stereocenters. The molecule has 3 rings (SSSR count). The number of anilines is 1. The number of hydrogen-bond acceptors (Lipinski definition) is 6. The number of esters is 1. The van der Waals surface area contributed by atoms with Crippen LogP contribution in [-0.2, 0) is 16.1 Å². The zero-order valence-electron chi connectivity index (χ0n) is 15.0. The molecule has 28 heavy (non-hydrogen) atoms. The van der Waals surface area contributed by atoms with Gasteiger partial charge in [0, 0.05) is 5.69 Å². The second kappa shape index (κ2) is 8.72. The molecule has 2 aromatic heterocycles. The molecule has 3 aromatic rings. The maximum atomic E-state index is 12.2. The number of ether oxygens (including phenoxy) is 1. The lowest BCUT2D eigenvalue weighted by Crippen LogP contribution is -2.35. The van der Waals surface area contributed by atoms with Gasteiger partial charge < -0.3 is 24.2 Å². The highest BCUT2D eigenvalue weighted by molar-refractivity contribution is 6.02. The van der Waals surface area contributed by atoms with Crippen molar-refractivity contribution in [2.24, 2.45) is 0 Å². The Kier molecular flexibility index (Phi) is 5.91. The molecule has 2 N–H and O–H groups in total. The van der Waals surface area contributed by atoms with Crippen molar-refractivity contribution in [3.8, 4) is 0 Å². The van der Waals surface area contributed by atoms with Crippen LogP contribution in [0.1, 0.15) is 33.6 Å². The summed E-state index contributed by atoms with van der Waals surface area (Å²) in [5.41, 5.74) is 0.740. The van der Waals surface area contributed by atoms with Crippen LogP contribution in [0.15, 0.2) is 69.9 Å². The van der Waals surface area contributed by atoms with Crippen LogP contribution in [0.5, 0.6) is 0 Å². The molecule has 2 amide bonds. The van der Waals surface area contributed by atoms with E-state index in [1.807, 2.05) is 0 Å². The van der Waals surface area contributed by atoms with Crippen LogP contribution in [-0.4, -0.2) is 23.9 Å². The van der Waals surface area contributed by atoms with Crippen LogP contribution < -0.4 is 10.6 Å². The number of carbonyl (C=O) groups excluding carboxylic acids is 3. The highest BCUT2D eigenvalue weighted by Crippen LogP contribution is 2.13. The van der Waals surface area contributed by atoms with Crippen molar-refractivity contribution in [1.82, 2.24) is 5.32 Å². The average molecular weight is 382 g/mol. The molecule has 144 valence electrons. The lowest BCUT2D eigenvalue weighted by Gasteiger charge is -2.13. The van der Waals surface area contributed by atoms with Gasteiger partial charge in [-0.25, -0.2) is 4.79 Å². The summed E-state index contributed by atoms with van der Waals surface area (Å²) in [6.07, 6.45) is 1.94. The van der Waals surface area contributed by atoms with Crippen LogP contribution in [0.2, 0.25) is 0 Å². The van der Waals surface area contributed by atoms with Crippen molar-refractivity contribution in [2.75, 3.05) is 5.32 Å². The van der Waals surface area contributed by atoms with Gasteiger partial charge in [0.2, 0.25) is 0 Å².